The van der Waals surface area contributed by atoms with Crippen LogP contribution in [-0.4, -0.2) is 48.7 Å². The van der Waals surface area contributed by atoms with Gasteiger partial charge < -0.3 is 24.1 Å². The van der Waals surface area contributed by atoms with E-state index in [4.69, 9.17) is 18.9 Å². The number of benzene rings is 2. The third-order valence-corrected chi connectivity index (χ3v) is 5.04. The van der Waals surface area contributed by atoms with Gasteiger partial charge in [-0.05, 0) is 18.1 Å². The summed E-state index contributed by atoms with van der Waals surface area (Å²) in [7, 11) is 0. The summed E-state index contributed by atoms with van der Waals surface area (Å²) in [6.45, 7) is 3.23. The number of hydrogen-bond acceptors (Lipinski definition) is 6. The van der Waals surface area contributed by atoms with Gasteiger partial charge in [0.05, 0.1) is 51.2 Å². The minimum absolute atomic E-state index is 0.00952. The number of aliphatic hydroxyl groups excluding tert-OH is 1. The van der Waals surface area contributed by atoms with E-state index in [9.17, 15) is 9.90 Å². The molecule has 1 N–H and O–H groups in total. The largest absolute Gasteiger partial charge is 0.466 e. The molecule has 0 radical (unpaired) electrons. The third kappa shape index (κ3) is 6.92. The molecule has 0 saturated carbocycles. The van der Waals surface area contributed by atoms with Gasteiger partial charge in [-0.3, -0.25) is 4.79 Å². The number of carbonyl (C=O) groups is 1. The summed E-state index contributed by atoms with van der Waals surface area (Å²) in [6.07, 6.45) is -1.78. The number of rotatable bonds is 10. The lowest BCUT2D eigenvalue weighted by Gasteiger charge is -2.39. The fourth-order valence-electron chi connectivity index (χ4n) is 3.48. The average molecular weight is 414 g/mol. The van der Waals surface area contributed by atoms with Gasteiger partial charge in [0, 0.05) is 6.42 Å². The van der Waals surface area contributed by atoms with Gasteiger partial charge in [0.2, 0.25) is 0 Å². The highest BCUT2D eigenvalue weighted by molar-refractivity contribution is 5.70. The normalized spacial score (nSPS) is 23.8. The molecule has 2 aromatic rings. The first-order valence-electron chi connectivity index (χ1n) is 10.4. The number of aliphatic hydroxyl groups is 1. The van der Waals surface area contributed by atoms with Crippen molar-refractivity contribution in [2.75, 3.05) is 13.2 Å². The first-order valence-corrected chi connectivity index (χ1v) is 10.4. The van der Waals surface area contributed by atoms with E-state index in [1.807, 2.05) is 60.7 Å². The second-order valence-electron chi connectivity index (χ2n) is 7.36. The Balaban J connectivity index is 1.60. The van der Waals surface area contributed by atoms with Crippen molar-refractivity contribution in [2.45, 2.75) is 57.4 Å². The van der Waals surface area contributed by atoms with Crippen LogP contribution in [0.4, 0.5) is 0 Å². The van der Waals surface area contributed by atoms with Crippen molar-refractivity contribution in [2.24, 2.45) is 0 Å². The summed E-state index contributed by atoms with van der Waals surface area (Å²) in [6, 6.07) is 19.7. The van der Waals surface area contributed by atoms with Gasteiger partial charge >= 0.3 is 5.97 Å². The lowest BCUT2D eigenvalue weighted by Crippen LogP contribution is -2.50. The molecule has 1 aliphatic heterocycles. The van der Waals surface area contributed by atoms with Crippen LogP contribution in [0.3, 0.4) is 0 Å². The molecule has 0 aromatic heterocycles. The molecule has 0 amide bonds. The Labute approximate surface area is 177 Å². The van der Waals surface area contributed by atoms with Crippen molar-refractivity contribution >= 4 is 5.97 Å². The number of hydrogen-bond donors (Lipinski definition) is 1. The number of carbonyl (C=O) groups excluding carboxylic acids is 1. The van der Waals surface area contributed by atoms with E-state index in [1.54, 1.807) is 6.92 Å². The monoisotopic (exact) mass is 414 g/mol. The van der Waals surface area contributed by atoms with Crippen molar-refractivity contribution in [1.82, 2.24) is 0 Å². The molecule has 1 saturated heterocycles. The number of esters is 1. The zero-order valence-electron chi connectivity index (χ0n) is 17.3. The van der Waals surface area contributed by atoms with Crippen LogP contribution in [0.1, 0.15) is 30.9 Å². The second kappa shape index (κ2) is 11.8. The van der Waals surface area contributed by atoms with Crippen molar-refractivity contribution in [1.29, 1.82) is 0 Å². The van der Waals surface area contributed by atoms with E-state index in [0.29, 0.717) is 32.8 Å². The molecule has 3 rings (SSSR count). The summed E-state index contributed by atoms with van der Waals surface area (Å²) in [5, 5.41) is 10.5. The molecular formula is C24H30O6. The Bertz CT molecular complexity index is 751. The number of ether oxygens (including phenoxy) is 4. The van der Waals surface area contributed by atoms with E-state index in [2.05, 4.69) is 0 Å². The fraction of sp³-hybridized carbons (Fsp3) is 0.458. The van der Waals surface area contributed by atoms with Gasteiger partial charge in [-0.25, -0.2) is 0 Å². The quantitative estimate of drug-likeness (QED) is 0.602. The lowest BCUT2D eigenvalue weighted by atomic mass is 9.96. The first kappa shape index (κ1) is 22.4. The zero-order valence-corrected chi connectivity index (χ0v) is 17.3. The molecule has 1 fully saturated rings. The summed E-state index contributed by atoms with van der Waals surface area (Å²) >= 11 is 0. The van der Waals surface area contributed by atoms with E-state index in [0.717, 1.165) is 11.1 Å². The summed E-state index contributed by atoms with van der Waals surface area (Å²) in [5.41, 5.74) is 2.11. The predicted octanol–water partition coefficient (Wildman–Crippen LogP) is 3.26. The van der Waals surface area contributed by atoms with E-state index in [-0.39, 0.29) is 24.6 Å². The molecule has 6 nitrogen and oxygen atoms in total. The van der Waals surface area contributed by atoms with Gasteiger partial charge in [0.1, 0.15) is 6.10 Å². The molecule has 2 aromatic carbocycles. The van der Waals surface area contributed by atoms with Gasteiger partial charge in [-0.15, -0.1) is 0 Å². The molecule has 1 aliphatic rings. The van der Waals surface area contributed by atoms with Crippen LogP contribution in [0, 0.1) is 0 Å². The highest BCUT2D eigenvalue weighted by atomic mass is 16.6. The van der Waals surface area contributed by atoms with Crippen LogP contribution >= 0.6 is 0 Å². The van der Waals surface area contributed by atoms with E-state index in [1.165, 1.54) is 0 Å². The maximum absolute atomic E-state index is 11.9. The maximum atomic E-state index is 11.9. The van der Waals surface area contributed by atoms with Crippen LogP contribution in [0.25, 0.3) is 0 Å². The molecule has 162 valence electrons. The summed E-state index contributed by atoms with van der Waals surface area (Å²) < 4.78 is 23.0. The van der Waals surface area contributed by atoms with Crippen molar-refractivity contribution in [3.63, 3.8) is 0 Å². The minimum atomic E-state index is -0.805. The van der Waals surface area contributed by atoms with E-state index >= 15 is 0 Å². The topological polar surface area (TPSA) is 74.2 Å². The highest BCUT2D eigenvalue weighted by Gasteiger charge is 2.39. The Morgan fingerprint density at radius 2 is 1.63 bits per heavy atom. The Kier molecular flexibility index (Phi) is 8.83. The van der Waals surface area contributed by atoms with Gasteiger partial charge in [0.15, 0.2) is 0 Å². The summed E-state index contributed by atoms with van der Waals surface area (Å²) in [5.74, 6) is -0.380. The Hall–Kier alpha value is -2.25. The molecule has 4 atom stereocenters. The molecule has 6 heteroatoms. The van der Waals surface area contributed by atoms with Gasteiger partial charge in [0.25, 0.3) is 0 Å². The molecular weight excluding hydrogens is 384 g/mol. The summed E-state index contributed by atoms with van der Waals surface area (Å²) in [4.78, 5) is 11.9. The Morgan fingerprint density at radius 3 is 2.27 bits per heavy atom. The van der Waals surface area contributed by atoms with Crippen molar-refractivity contribution in [3.05, 3.63) is 71.8 Å². The smallest absolute Gasteiger partial charge is 0.308 e. The maximum Gasteiger partial charge on any atom is 0.308 e. The van der Waals surface area contributed by atoms with Crippen LogP contribution in [-0.2, 0) is 37.0 Å². The minimum Gasteiger partial charge on any atom is -0.466 e. The molecule has 0 unspecified atom stereocenters. The van der Waals surface area contributed by atoms with Crippen LogP contribution in [0.15, 0.2) is 60.7 Å². The molecule has 0 spiro atoms. The van der Waals surface area contributed by atoms with Crippen LogP contribution < -0.4 is 0 Å². The van der Waals surface area contributed by atoms with Crippen molar-refractivity contribution < 1.29 is 28.8 Å². The SMILES string of the molecule is CCOC(=O)C[C@@H]1O[C@H](COCc2ccccc2)[C@@H](OCc2ccccc2)C[C@H]1O. The molecule has 30 heavy (non-hydrogen) atoms. The second-order valence-corrected chi connectivity index (χ2v) is 7.36. The van der Waals surface area contributed by atoms with Crippen LogP contribution in [0.2, 0.25) is 0 Å². The average Bonchev–Trinajstić information content (AvgIpc) is 2.76. The van der Waals surface area contributed by atoms with Crippen LogP contribution in [0.5, 0.6) is 0 Å². The fourth-order valence-corrected chi connectivity index (χ4v) is 3.48. The predicted molar refractivity (Wildman–Crippen MR) is 112 cm³/mol. The lowest BCUT2D eigenvalue weighted by molar-refractivity contribution is -0.206. The standard InChI is InChI=1S/C24H30O6/c1-2-28-24(26)14-21-20(25)13-22(29-16-19-11-7-4-8-12-19)23(30-21)17-27-15-18-9-5-3-6-10-18/h3-12,20-23,25H,2,13-17H2,1H3/t20-,21+,22+,23-/m1/s1. The third-order valence-electron chi connectivity index (χ3n) is 5.04. The van der Waals surface area contributed by atoms with E-state index < -0.39 is 12.2 Å². The molecule has 0 aliphatic carbocycles. The Morgan fingerprint density at radius 1 is 1.00 bits per heavy atom. The van der Waals surface area contributed by atoms with Gasteiger partial charge in [-0.1, -0.05) is 60.7 Å². The highest BCUT2D eigenvalue weighted by Crippen LogP contribution is 2.26. The molecule has 0 bridgehead atoms. The van der Waals surface area contributed by atoms with Crippen molar-refractivity contribution in [3.8, 4) is 0 Å². The molecule has 1 heterocycles. The zero-order chi connectivity index (χ0) is 21.2. The van der Waals surface area contributed by atoms with Gasteiger partial charge in [-0.2, -0.15) is 0 Å². The first-order chi connectivity index (χ1) is 14.7.